The van der Waals surface area contributed by atoms with Crippen LogP contribution in [0.4, 0.5) is 0 Å². The van der Waals surface area contributed by atoms with Crippen molar-refractivity contribution in [1.82, 2.24) is 16.0 Å². The van der Waals surface area contributed by atoms with Gasteiger partial charge in [0, 0.05) is 31.6 Å². The zero-order valence-electron chi connectivity index (χ0n) is 61.6. The number of aliphatic hydroxyl groups excluding tert-OH is 16. The molecule has 0 aromatic carbocycles. The van der Waals surface area contributed by atoms with Crippen molar-refractivity contribution < 1.29 is 163 Å². The van der Waals surface area contributed by atoms with Crippen molar-refractivity contribution in [2.75, 3.05) is 46.8 Å². The molecule has 5 aliphatic rings. The molecule has 37 heteroatoms. The summed E-state index contributed by atoms with van der Waals surface area (Å²) in [5.74, 6) is -8.53. The summed E-state index contributed by atoms with van der Waals surface area (Å²) in [6.07, 6.45) is -32.3. The maximum Gasteiger partial charge on any atom is 0.364 e. The first-order valence-corrected chi connectivity index (χ1v) is 37.6. The van der Waals surface area contributed by atoms with E-state index in [-0.39, 0.29) is 11.3 Å². The van der Waals surface area contributed by atoms with Gasteiger partial charge in [0.15, 0.2) is 25.2 Å². The number of amides is 3. The molecular formula is C70H117N3O33S. The number of methoxy groups -OCH3 is 1. The minimum Gasteiger partial charge on any atom is -0.477 e. The summed E-state index contributed by atoms with van der Waals surface area (Å²) < 4.78 is 65.0. The standard InChI is InChI=1S/C70H117N3O33S/c1-8-9-10-11-12-13-14-15-16-17-18-19-20-21-22-23-46(84)73-37(38(81)25-24-36-26-45(69(4,5)6)107-62(36)63(93)96-7)33-97-65-55(91)53(89)57(43(31-77)100-65)102-67-56(92)61(106-70(68(94)95)27-39(82)47(71-34(2)79)60(105-70)49(85)40(83)28-74)58(44(32-78)101-67)103-64-48(72-35(3)80)59(51(87)42(30-76)98-64)104-66-54(90)52(88)50(86)41(29-75)99-66/h24-26,37-44,47-61,64-67,74-78,81-83,85-92H,8-23,27-33H2,1-7H3,(H,71,79)(H,72,80)(H,73,84)(H,94,95)/b25-24+/t37-,38+,39-,40+,41+,42+,43+,44+,47?,48+,49+,50-,51-,52-,53+,54+,55+,56+,57+,58-,59+,60?,61+,64-,65+,66-,67-,70-/m0/s1. The molecule has 0 saturated carbocycles. The van der Waals surface area contributed by atoms with Crippen molar-refractivity contribution in [3.63, 3.8) is 0 Å². The number of esters is 1. The predicted octanol–water partition coefficient (Wildman–Crippen LogP) is -3.44. The summed E-state index contributed by atoms with van der Waals surface area (Å²) in [6.45, 7) is 3.64. The highest BCUT2D eigenvalue weighted by Gasteiger charge is 2.62. The second-order valence-corrected chi connectivity index (χ2v) is 30.1. The second kappa shape index (κ2) is 43.7. The summed E-state index contributed by atoms with van der Waals surface area (Å²) >= 11 is 1.19. The fourth-order valence-corrected chi connectivity index (χ4v) is 14.6. The van der Waals surface area contributed by atoms with Crippen molar-refractivity contribution in [2.24, 2.45) is 0 Å². The van der Waals surface area contributed by atoms with Crippen LogP contribution >= 0.6 is 11.3 Å². The van der Waals surface area contributed by atoms with E-state index in [0.29, 0.717) is 12.0 Å². The highest BCUT2D eigenvalue weighted by Crippen LogP contribution is 2.42. The van der Waals surface area contributed by atoms with Crippen LogP contribution in [0.15, 0.2) is 12.1 Å². The fraction of sp³-hybridized carbons (Fsp3) is 0.843. The van der Waals surface area contributed by atoms with Crippen molar-refractivity contribution in [2.45, 2.75) is 327 Å². The Labute approximate surface area is 625 Å². The Balaban J connectivity index is 1.28. The van der Waals surface area contributed by atoms with Crippen molar-refractivity contribution in [3.05, 3.63) is 27.5 Å². The number of thiophene rings is 1. The van der Waals surface area contributed by atoms with Crippen molar-refractivity contribution >= 4 is 47.1 Å². The van der Waals surface area contributed by atoms with Gasteiger partial charge < -0.3 is 155 Å². The molecule has 5 fully saturated rings. The number of aliphatic hydroxyl groups is 16. The number of nitrogens with one attached hydrogen (secondary N) is 3. The van der Waals surface area contributed by atoms with E-state index in [2.05, 4.69) is 22.9 Å². The van der Waals surface area contributed by atoms with E-state index >= 15 is 0 Å². The topological polar surface area (TPSA) is 567 Å². The second-order valence-electron chi connectivity index (χ2n) is 29.0. The Hall–Kier alpha value is -4.25. The Morgan fingerprint density at radius 3 is 1.64 bits per heavy atom. The summed E-state index contributed by atoms with van der Waals surface area (Å²) in [6, 6.07) is -3.28. The number of carbonyl (C=O) groups is 5. The number of unbranched alkanes of at least 4 members (excludes halogenated alkanes) is 14. The molecule has 2 unspecified atom stereocenters. The van der Waals surface area contributed by atoms with E-state index in [1.165, 1.54) is 88.4 Å². The average molecular weight is 1560 g/mol. The van der Waals surface area contributed by atoms with E-state index < -0.39 is 252 Å². The molecule has 6 heterocycles. The third-order valence-electron chi connectivity index (χ3n) is 19.6. The highest BCUT2D eigenvalue weighted by atomic mass is 32.1. The van der Waals surface area contributed by atoms with Gasteiger partial charge in [0.05, 0.1) is 71.0 Å². The van der Waals surface area contributed by atoms with Crippen LogP contribution in [0.2, 0.25) is 0 Å². The maximum absolute atomic E-state index is 13.8. The number of hydrogen-bond acceptors (Lipinski definition) is 33. The largest absolute Gasteiger partial charge is 0.477 e. The van der Waals surface area contributed by atoms with Crippen LogP contribution in [0.1, 0.15) is 171 Å². The molecule has 5 saturated heterocycles. The van der Waals surface area contributed by atoms with Gasteiger partial charge in [-0.15, -0.1) is 11.3 Å². The molecule has 0 bridgehead atoms. The van der Waals surface area contributed by atoms with Crippen LogP contribution in [0.3, 0.4) is 0 Å². The number of ether oxygens (including phenoxy) is 11. The van der Waals surface area contributed by atoms with Gasteiger partial charge in [-0.1, -0.05) is 130 Å². The van der Waals surface area contributed by atoms with Gasteiger partial charge in [-0.3, -0.25) is 14.4 Å². The van der Waals surface area contributed by atoms with Crippen LogP contribution in [0.5, 0.6) is 0 Å². The lowest BCUT2D eigenvalue weighted by atomic mass is 9.88. The first-order valence-electron chi connectivity index (χ1n) is 36.8. The smallest absolute Gasteiger partial charge is 0.364 e. The molecule has 28 atom stereocenters. The minimum atomic E-state index is -3.41. The molecule has 0 spiro atoms. The van der Waals surface area contributed by atoms with Gasteiger partial charge >= 0.3 is 11.9 Å². The molecule has 5 aliphatic heterocycles. The fourth-order valence-electron chi connectivity index (χ4n) is 13.5. The predicted molar refractivity (Wildman–Crippen MR) is 372 cm³/mol. The van der Waals surface area contributed by atoms with Gasteiger partial charge in [0.2, 0.25) is 17.7 Å². The van der Waals surface area contributed by atoms with E-state index in [9.17, 15) is 111 Å². The minimum absolute atomic E-state index is 0.0446. The zero-order chi connectivity index (χ0) is 79.2. The van der Waals surface area contributed by atoms with Gasteiger partial charge in [-0.25, -0.2) is 9.59 Å². The SMILES string of the molecule is CCCCCCCCCCCCCCCCCC(=O)N[C@@H](CO[C@@H]1O[C@H](CO)[C@@H](O[C@@H]2O[C@H](CO)[C@H](O[C@@H]3O[C@H](CO)[C@H](O)[C@H](O[C@@H]4O[C@H](CO)[C@H](O)[C@H](O)[C@H]4O)[C@H]3NC(C)=O)[C@H](O[C@]3(C(=O)O)C[C@H](O)C(NC(C)=O)C([C@H](O)[C@H](O)CO)O3)[C@H]2O)[C@H](O)[C@H]1O)[C@H](O)/C=C/c1cc(C(C)(C)C)sc1C(=O)OC. The highest BCUT2D eigenvalue weighted by molar-refractivity contribution is 7.14. The van der Waals surface area contributed by atoms with Crippen LogP contribution in [0, 0.1) is 0 Å². The molecule has 0 aliphatic carbocycles. The van der Waals surface area contributed by atoms with Crippen LogP contribution < -0.4 is 16.0 Å². The molecule has 20 N–H and O–H groups in total. The molecule has 36 nitrogen and oxygen atoms in total. The quantitative estimate of drug-likeness (QED) is 0.0224. The summed E-state index contributed by atoms with van der Waals surface area (Å²) in [4.78, 5) is 67.1. The maximum atomic E-state index is 13.8. The number of rotatable bonds is 42. The third kappa shape index (κ3) is 24.9. The Morgan fingerprint density at radius 2 is 1.10 bits per heavy atom. The Kier molecular flexibility index (Phi) is 37.4. The van der Waals surface area contributed by atoms with E-state index in [1.54, 1.807) is 6.07 Å². The number of aliphatic carboxylic acids is 1. The zero-order valence-corrected chi connectivity index (χ0v) is 62.4. The molecule has 0 radical (unpaired) electrons. The first-order chi connectivity index (χ1) is 50.7. The van der Waals surface area contributed by atoms with Crippen LogP contribution in [-0.4, -0.2) is 334 Å². The van der Waals surface area contributed by atoms with Gasteiger partial charge in [0.1, 0.15) is 121 Å². The van der Waals surface area contributed by atoms with E-state index in [0.717, 1.165) is 50.8 Å². The number of carboxylic acids is 1. The van der Waals surface area contributed by atoms with Crippen molar-refractivity contribution in [1.29, 1.82) is 0 Å². The monoisotopic (exact) mass is 1560 g/mol. The van der Waals surface area contributed by atoms with Crippen LogP contribution in [0.25, 0.3) is 6.08 Å². The van der Waals surface area contributed by atoms with Crippen molar-refractivity contribution in [3.8, 4) is 0 Å². The number of carbonyl (C=O) groups excluding carboxylic acids is 4. The Morgan fingerprint density at radius 1 is 0.607 bits per heavy atom. The molecule has 1 aromatic rings. The molecular weight excluding hydrogens is 1440 g/mol. The Bertz CT molecular complexity index is 2890. The summed E-state index contributed by atoms with van der Waals surface area (Å²) in [5.41, 5.74) is -0.00653. The number of carboxylic acid groups (broad SMARTS) is 1. The lowest BCUT2D eigenvalue weighted by molar-refractivity contribution is -0.403. The lowest BCUT2D eigenvalue weighted by Crippen LogP contribution is -2.72. The molecule has 6 rings (SSSR count). The van der Waals surface area contributed by atoms with Gasteiger partial charge in [0.25, 0.3) is 5.79 Å². The van der Waals surface area contributed by atoms with E-state index in [1.807, 2.05) is 20.8 Å². The molecule has 1 aromatic heterocycles. The van der Waals surface area contributed by atoms with E-state index in [4.69, 9.17) is 52.1 Å². The average Bonchev–Trinajstić information content (AvgIpc) is 1.19. The lowest BCUT2D eigenvalue weighted by Gasteiger charge is -2.52. The normalized spacial score (nSPS) is 34.7. The summed E-state index contributed by atoms with van der Waals surface area (Å²) in [5, 5.41) is 197. The first kappa shape index (κ1) is 91.6. The molecule has 107 heavy (non-hydrogen) atoms. The molecule has 3 amide bonds. The third-order valence-corrected chi connectivity index (χ3v) is 21.2. The van der Waals surface area contributed by atoms with Crippen LogP contribution in [-0.2, 0) is 76.7 Å². The summed E-state index contributed by atoms with van der Waals surface area (Å²) in [7, 11) is 1.22. The van der Waals surface area contributed by atoms with Gasteiger partial charge in [-0.05, 0) is 23.5 Å². The number of hydrogen-bond donors (Lipinski definition) is 20. The van der Waals surface area contributed by atoms with Gasteiger partial charge in [-0.2, -0.15) is 0 Å². The molecule has 616 valence electrons.